The Balaban J connectivity index is 1.37. The van der Waals surface area contributed by atoms with Gasteiger partial charge in [0.1, 0.15) is 73.2 Å². The van der Waals surface area contributed by atoms with Crippen molar-refractivity contribution in [2.24, 2.45) is 0 Å². The first-order chi connectivity index (χ1) is 43.8. The largest absolute Gasteiger partial charge is 0.394 e. The van der Waals surface area contributed by atoms with E-state index in [9.17, 15) is 61.0 Å². The van der Waals surface area contributed by atoms with E-state index >= 15 is 0 Å². The number of unbranched alkanes of at least 4 members (excludes halogenated alkanes) is 21. The van der Waals surface area contributed by atoms with E-state index in [4.69, 9.17) is 28.4 Å². The fourth-order valence-electron chi connectivity index (χ4n) is 11.0. The van der Waals surface area contributed by atoms with Crippen molar-refractivity contribution in [1.82, 2.24) is 5.32 Å². The van der Waals surface area contributed by atoms with Crippen LogP contribution in [0.1, 0.15) is 213 Å². The molecule has 0 aromatic heterocycles. The third-order valence-electron chi connectivity index (χ3n) is 16.6. The van der Waals surface area contributed by atoms with Gasteiger partial charge in [-0.3, -0.25) is 4.79 Å². The minimum absolute atomic E-state index is 0.229. The predicted octanol–water partition coefficient (Wildman–Crippen LogP) is 8.88. The maximum Gasteiger partial charge on any atom is 0.220 e. The summed E-state index contributed by atoms with van der Waals surface area (Å²) in [6, 6.07) is -0.994. The van der Waals surface area contributed by atoms with E-state index in [1.807, 2.05) is 6.08 Å². The molecular weight excluding hydrogens is 1150 g/mol. The minimum Gasteiger partial charge on any atom is -0.394 e. The van der Waals surface area contributed by atoms with Gasteiger partial charge in [0, 0.05) is 6.42 Å². The summed E-state index contributed by atoms with van der Waals surface area (Å²) in [5.41, 5.74) is 0. The van der Waals surface area contributed by atoms with Gasteiger partial charge in [0.05, 0.1) is 38.6 Å². The summed E-state index contributed by atoms with van der Waals surface area (Å²) in [5.74, 6) is -0.291. The van der Waals surface area contributed by atoms with Gasteiger partial charge >= 0.3 is 0 Å². The molecule has 1 amide bonds. The Morgan fingerprint density at radius 2 is 0.778 bits per heavy atom. The molecule has 17 unspecified atom stereocenters. The normalized spacial score (nSPS) is 28.7. The van der Waals surface area contributed by atoms with Crippen molar-refractivity contribution in [1.29, 1.82) is 0 Å². The number of aliphatic hydroxyl groups is 11. The van der Waals surface area contributed by atoms with E-state index in [1.165, 1.54) is 89.9 Å². The summed E-state index contributed by atoms with van der Waals surface area (Å²) >= 11 is 0. The van der Waals surface area contributed by atoms with Crippen LogP contribution >= 0.6 is 0 Å². The minimum atomic E-state index is -1.98. The van der Waals surface area contributed by atoms with Crippen molar-refractivity contribution >= 4 is 5.91 Å². The lowest BCUT2D eigenvalue weighted by molar-refractivity contribution is -0.379. The zero-order valence-electron chi connectivity index (χ0n) is 54.6. The number of hydrogen-bond acceptors (Lipinski definition) is 18. The Labute approximate surface area is 539 Å². The van der Waals surface area contributed by atoms with Gasteiger partial charge < -0.3 is 89.9 Å². The number of allylic oxidation sites excluding steroid dienone is 15. The average Bonchev–Trinajstić information content (AvgIpc) is 0.864. The molecule has 3 heterocycles. The quantitative estimate of drug-likeness (QED) is 0.0200. The fraction of sp³-hybridized carbons (Fsp3) is 0.761. The van der Waals surface area contributed by atoms with Crippen LogP contribution in [0, 0.1) is 0 Å². The van der Waals surface area contributed by atoms with E-state index in [1.54, 1.807) is 6.08 Å². The van der Waals surface area contributed by atoms with Crippen molar-refractivity contribution < 1.29 is 89.4 Å². The van der Waals surface area contributed by atoms with Crippen LogP contribution < -0.4 is 5.32 Å². The second kappa shape index (κ2) is 52.0. The number of carbonyl (C=O) groups excluding carboxylic acids is 1. The Morgan fingerprint density at radius 3 is 1.24 bits per heavy atom. The molecule has 3 saturated heterocycles. The van der Waals surface area contributed by atoms with Crippen LogP contribution in [0.15, 0.2) is 97.2 Å². The highest BCUT2D eigenvalue weighted by molar-refractivity contribution is 5.76. The first-order valence-electron chi connectivity index (χ1n) is 34.5. The Kier molecular flexibility index (Phi) is 46.8. The summed E-state index contributed by atoms with van der Waals surface area (Å²) in [6.45, 7) is 1.56. The summed E-state index contributed by atoms with van der Waals surface area (Å²) in [5, 5.41) is 120. The van der Waals surface area contributed by atoms with Gasteiger partial charge in [-0.1, -0.05) is 220 Å². The molecule has 3 fully saturated rings. The highest BCUT2D eigenvalue weighted by atomic mass is 16.8. The van der Waals surface area contributed by atoms with Gasteiger partial charge in [0.2, 0.25) is 5.91 Å². The summed E-state index contributed by atoms with van der Waals surface area (Å²) < 4.78 is 34.3. The highest BCUT2D eigenvalue weighted by Gasteiger charge is 2.53. The lowest BCUT2D eigenvalue weighted by Crippen LogP contribution is -2.66. The lowest BCUT2D eigenvalue weighted by atomic mass is 9.96. The number of aliphatic hydroxyl groups excluding tert-OH is 11. The molecule has 3 aliphatic rings. The Bertz CT molecular complexity index is 2010. The maximum absolute atomic E-state index is 13.4. The lowest BCUT2D eigenvalue weighted by Gasteiger charge is -2.48. The van der Waals surface area contributed by atoms with Crippen LogP contribution in [0.5, 0.6) is 0 Å². The smallest absolute Gasteiger partial charge is 0.220 e. The fourth-order valence-corrected chi connectivity index (χ4v) is 11.0. The molecule has 19 nitrogen and oxygen atoms in total. The number of ether oxygens (including phenoxy) is 6. The summed E-state index contributed by atoms with van der Waals surface area (Å²) in [7, 11) is 0. The molecule has 19 heteroatoms. The molecule has 518 valence electrons. The molecular formula is C71H121NO18. The van der Waals surface area contributed by atoms with E-state index in [0.29, 0.717) is 12.8 Å². The van der Waals surface area contributed by atoms with Gasteiger partial charge in [-0.05, 0) is 83.5 Å². The van der Waals surface area contributed by atoms with Gasteiger partial charge in [0.25, 0.3) is 0 Å². The van der Waals surface area contributed by atoms with Crippen LogP contribution in [0.2, 0.25) is 0 Å². The molecule has 0 aromatic rings. The van der Waals surface area contributed by atoms with E-state index in [2.05, 4.69) is 104 Å². The average molecular weight is 1280 g/mol. The Morgan fingerprint density at radius 1 is 0.411 bits per heavy atom. The molecule has 3 aliphatic heterocycles. The molecule has 0 bridgehead atoms. The highest BCUT2D eigenvalue weighted by Crippen LogP contribution is 2.33. The predicted molar refractivity (Wildman–Crippen MR) is 351 cm³/mol. The molecule has 0 aliphatic carbocycles. The molecule has 90 heavy (non-hydrogen) atoms. The van der Waals surface area contributed by atoms with Crippen LogP contribution in [-0.4, -0.2) is 193 Å². The van der Waals surface area contributed by atoms with Crippen molar-refractivity contribution in [3.63, 3.8) is 0 Å². The number of rotatable bonds is 51. The number of hydrogen-bond donors (Lipinski definition) is 12. The van der Waals surface area contributed by atoms with Crippen molar-refractivity contribution in [2.45, 2.75) is 317 Å². The molecule has 0 spiro atoms. The third kappa shape index (κ3) is 33.7. The van der Waals surface area contributed by atoms with Gasteiger partial charge in [-0.2, -0.15) is 0 Å². The zero-order valence-corrected chi connectivity index (χ0v) is 54.6. The van der Waals surface area contributed by atoms with Gasteiger partial charge in [0.15, 0.2) is 18.9 Å². The summed E-state index contributed by atoms with van der Waals surface area (Å²) in [4.78, 5) is 13.4. The SMILES string of the molecule is CC/C=C\C/C=C\C/C=C\C/C=C\C/C=C\C/C=C\CCCCCCCCCCCCCCCCC(=O)NC(COC1OC(CO)C(OC2OC(CO)C(OC3OC(CO)C(O)C(O)C3O)C(O)C2O)C(O)C1O)C(O)/C=C/CC/C=C/CCCCCCCC. The number of carbonyl (C=O) groups is 1. The number of nitrogens with one attached hydrogen (secondary N) is 1. The van der Waals surface area contributed by atoms with Crippen LogP contribution in [0.25, 0.3) is 0 Å². The Hall–Kier alpha value is -3.29. The molecule has 0 aromatic carbocycles. The van der Waals surface area contributed by atoms with Crippen molar-refractivity contribution in [3.05, 3.63) is 97.2 Å². The molecule has 12 N–H and O–H groups in total. The molecule has 3 rings (SSSR count). The van der Waals surface area contributed by atoms with Crippen molar-refractivity contribution in [3.8, 4) is 0 Å². The topological polar surface area (TPSA) is 307 Å². The zero-order chi connectivity index (χ0) is 65.4. The molecule has 17 atom stereocenters. The van der Waals surface area contributed by atoms with E-state index < -0.39 is 124 Å². The number of amides is 1. The van der Waals surface area contributed by atoms with E-state index in [0.717, 1.165) is 89.9 Å². The van der Waals surface area contributed by atoms with E-state index in [-0.39, 0.29) is 18.9 Å². The maximum atomic E-state index is 13.4. The second-order valence-corrected chi connectivity index (χ2v) is 24.2. The van der Waals surface area contributed by atoms with Crippen molar-refractivity contribution in [2.75, 3.05) is 26.4 Å². The van der Waals surface area contributed by atoms with Crippen LogP contribution in [0.4, 0.5) is 0 Å². The molecule has 0 radical (unpaired) electrons. The van der Waals surface area contributed by atoms with Gasteiger partial charge in [-0.15, -0.1) is 0 Å². The first-order valence-corrected chi connectivity index (χ1v) is 34.5. The molecule has 0 saturated carbocycles. The van der Waals surface area contributed by atoms with Crippen LogP contribution in [0.3, 0.4) is 0 Å². The second-order valence-electron chi connectivity index (χ2n) is 24.2. The van der Waals surface area contributed by atoms with Crippen LogP contribution in [-0.2, 0) is 33.2 Å². The first kappa shape index (κ1) is 80.9. The summed E-state index contributed by atoms with van der Waals surface area (Å²) in [6.07, 6.45) is 41.2. The standard InChI is InChI=1S/C71H121NO18/c1-3-5-7-9-11-13-15-17-18-19-20-21-22-23-24-25-26-27-28-29-30-31-32-33-34-35-36-37-39-41-43-45-47-49-59(77)72-54(55(76)48-46-44-42-40-38-16-14-12-10-8-6-4-2)53-85-69-65(83)62(80)67(57(51-74)87-69)90-71-66(84)63(81)68(58(52-75)88-71)89-70-64(82)61(79)60(78)56(50-73)86-70/h5,7,11,13,17-18,20-21,23-24,26-27,38,40,46,48,54-58,60-71,73-76,78-84H,3-4,6,8-10,12,14-16,19,22,25,28-37,39,41-45,47,49-53H2,1-2H3,(H,72,77)/b7-5-,13-11-,18-17-,21-20-,24-23-,27-26-,40-38+,48-46+. The third-order valence-corrected chi connectivity index (χ3v) is 16.6. The monoisotopic (exact) mass is 1280 g/mol. The van der Waals surface area contributed by atoms with Gasteiger partial charge in [-0.25, -0.2) is 0 Å².